The summed E-state index contributed by atoms with van der Waals surface area (Å²) in [5.41, 5.74) is 0.598. The Morgan fingerprint density at radius 1 is 1.26 bits per heavy atom. The van der Waals surface area contributed by atoms with Crippen LogP contribution in [0.15, 0.2) is 36.5 Å². The van der Waals surface area contributed by atoms with Gasteiger partial charge in [-0.05, 0) is 25.0 Å². The molecule has 1 N–H and O–H groups in total. The Bertz CT molecular complexity index is 818. The maximum atomic E-state index is 12.7. The van der Waals surface area contributed by atoms with E-state index in [4.69, 9.17) is 0 Å². The molecule has 0 radical (unpaired) electrons. The van der Waals surface area contributed by atoms with Crippen molar-refractivity contribution in [2.75, 3.05) is 19.6 Å². The van der Waals surface area contributed by atoms with Crippen LogP contribution in [0, 0.1) is 10.1 Å². The second kappa shape index (κ2) is 9.46. The van der Waals surface area contributed by atoms with Gasteiger partial charge < -0.3 is 10.2 Å². The fraction of sp³-hybridized carbons (Fsp3) is 0.389. The van der Waals surface area contributed by atoms with Crippen LogP contribution in [0.3, 0.4) is 0 Å². The van der Waals surface area contributed by atoms with E-state index in [1.54, 1.807) is 18.3 Å². The van der Waals surface area contributed by atoms with Crippen LogP contribution in [0.5, 0.6) is 0 Å². The standard InChI is InChI=1S/C18H23N5O4/c1-3-9-19-17(24)13-21(10-4-2)18(25)16-8-11-22(20-16)14-6-5-7-15(12-14)23(26)27/h5-8,11-12H,3-4,9-10,13H2,1-2H3,(H,19,24). The largest absolute Gasteiger partial charge is 0.355 e. The van der Waals surface area contributed by atoms with Gasteiger partial charge in [-0.1, -0.05) is 19.9 Å². The fourth-order valence-corrected chi connectivity index (χ4v) is 2.51. The van der Waals surface area contributed by atoms with Crippen molar-refractivity contribution in [2.45, 2.75) is 26.7 Å². The van der Waals surface area contributed by atoms with E-state index in [0.717, 1.165) is 6.42 Å². The highest BCUT2D eigenvalue weighted by Crippen LogP contribution is 2.16. The third-order valence-electron chi connectivity index (χ3n) is 3.80. The smallest absolute Gasteiger partial charge is 0.274 e. The zero-order valence-electron chi connectivity index (χ0n) is 15.4. The molecule has 1 heterocycles. The number of amides is 2. The molecule has 0 saturated carbocycles. The molecule has 0 aliphatic heterocycles. The number of hydrogen-bond donors (Lipinski definition) is 1. The van der Waals surface area contributed by atoms with Crippen molar-refractivity contribution in [2.24, 2.45) is 0 Å². The van der Waals surface area contributed by atoms with Gasteiger partial charge in [0.25, 0.3) is 11.6 Å². The first-order chi connectivity index (χ1) is 13.0. The minimum Gasteiger partial charge on any atom is -0.355 e. The maximum absolute atomic E-state index is 12.7. The summed E-state index contributed by atoms with van der Waals surface area (Å²) in [6, 6.07) is 7.52. The zero-order chi connectivity index (χ0) is 19.8. The molecular formula is C18H23N5O4. The van der Waals surface area contributed by atoms with E-state index in [2.05, 4.69) is 10.4 Å². The lowest BCUT2D eigenvalue weighted by Crippen LogP contribution is -2.41. The molecule has 1 aromatic carbocycles. The number of nitro groups is 1. The summed E-state index contributed by atoms with van der Waals surface area (Å²) in [5, 5.41) is 17.9. The number of carbonyl (C=O) groups excluding carboxylic acids is 2. The van der Waals surface area contributed by atoms with Crippen LogP contribution in [-0.2, 0) is 4.79 Å². The number of aromatic nitrogens is 2. The number of nitrogens with zero attached hydrogens (tertiary/aromatic N) is 4. The molecule has 144 valence electrons. The van der Waals surface area contributed by atoms with Crippen LogP contribution in [0.2, 0.25) is 0 Å². The monoisotopic (exact) mass is 373 g/mol. The summed E-state index contributed by atoms with van der Waals surface area (Å²) < 4.78 is 1.40. The number of benzene rings is 1. The Labute approximate surface area is 157 Å². The van der Waals surface area contributed by atoms with E-state index in [1.807, 2.05) is 13.8 Å². The molecule has 0 aliphatic carbocycles. The number of non-ortho nitro benzene ring substituents is 1. The lowest BCUT2D eigenvalue weighted by molar-refractivity contribution is -0.384. The lowest BCUT2D eigenvalue weighted by atomic mass is 10.3. The van der Waals surface area contributed by atoms with Crippen molar-refractivity contribution in [3.8, 4) is 5.69 Å². The van der Waals surface area contributed by atoms with E-state index in [9.17, 15) is 19.7 Å². The molecule has 2 rings (SSSR count). The Morgan fingerprint density at radius 3 is 2.70 bits per heavy atom. The molecular weight excluding hydrogens is 350 g/mol. The third-order valence-corrected chi connectivity index (χ3v) is 3.80. The zero-order valence-corrected chi connectivity index (χ0v) is 15.4. The van der Waals surface area contributed by atoms with Gasteiger partial charge in [0, 0.05) is 31.4 Å². The fourth-order valence-electron chi connectivity index (χ4n) is 2.51. The number of carbonyl (C=O) groups is 2. The highest BCUT2D eigenvalue weighted by Gasteiger charge is 2.20. The van der Waals surface area contributed by atoms with Gasteiger partial charge in [-0.2, -0.15) is 5.10 Å². The van der Waals surface area contributed by atoms with Crippen molar-refractivity contribution in [1.29, 1.82) is 0 Å². The van der Waals surface area contributed by atoms with Crippen molar-refractivity contribution >= 4 is 17.5 Å². The summed E-state index contributed by atoms with van der Waals surface area (Å²) in [4.78, 5) is 36.6. The molecule has 2 aromatic rings. The van der Waals surface area contributed by atoms with E-state index >= 15 is 0 Å². The summed E-state index contributed by atoms with van der Waals surface area (Å²) in [7, 11) is 0. The Hall–Kier alpha value is -3.23. The molecule has 0 unspecified atom stereocenters. The van der Waals surface area contributed by atoms with Crippen molar-refractivity contribution < 1.29 is 14.5 Å². The van der Waals surface area contributed by atoms with Gasteiger partial charge >= 0.3 is 0 Å². The molecule has 0 aliphatic rings. The van der Waals surface area contributed by atoms with Gasteiger partial charge in [0.2, 0.25) is 5.91 Å². The summed E-state index contributed by atoms with van der Waals surface area (Å²) in [5.74, 6) is -0.565. The van der Waals surface area contributed by atoms with Gasteiger partial charge in [-0.15, -0.1) is 0 Å². The minimum absolute atomic E-state index is 0.0314. The Kier molecular flexibility index (Phi) is 7.04. The van der Waals surface area contributed by atoms with Gasteiger partial charge in [0.05, 0.1) is 17.2 Å². The second-order valence-corrected chi connectivity index (χ2v) is 6.00. The Morgan fingerprint density at radius 2 is 2.04 bits per heavy atom. The third kappa shape index (κ3) is 5.37. The SMILES string of the molecule is CCCNC(=O)CN(CCC)C(=O)c1ccn(-c2cccc([N+](=O)[O-])c2)n1. The van der Waals surface area contributed by atoms with Gasteiger partial charge in [-0.25, -0.2) is 4.68 Å². The van der Waals surface area contributed by atoms with Crippen molar-refractivity contribution in [1.82, 2.24) is 20.0 Å². The average molecular weight is 373 g/mol. The number of nitrogens with one attached hydrogen (secondary N) is 1. The predicted molar refractivity (Wildman–Crippen MR) is 99.7 cm³/mol. The molecule has 0 bridgehead atoms. The molecule has 0 fully saturated rings. The lowest BCUT2D eigenvalue weighted by Gasteiger charge is -2.20. The van der Waals surface area contributed by atoms with Crippen molar-refractivity contribution in [3.05, 3.63) is 52.3 Å². The average Bonchev–Trinajstić information content (AvgIpc) is 3.15. The molecule has 0 spiro atoms. The molecule has 27 heavy (non-hydrogen) atoms. The minimum atomic E-state index is -0.489. The topological polar surface area (TPSA) is 110 Å². The van der Waals surface area contributed by atoms with Crippen LogP contribution in [-0.4, -0.2) is 51.1 Å². The highest BCUT2D eigenvalue weighted by molar-refractivity contribution is 5.94. The highest BCUT2D eigenvalue weighted by atomic mass is 16.6. The normalized spacial score (nSPS) is 10.4. The van der Waals surface area contributed by atoms with Gasteiger partial charge in [0.1, 0.15) is 0 Å². The number of rotatable bonds is 9. The van der Waals surface area contributed by atoms with Crippen LogP contribution < -0.4 is 5.32 Å². The van der Waals surface area contributed by atoms with Crippen LogP contribution in [0.1, 0.15) is 37.2 Å². The van der Waals surface area contributed by atoms with Crippen LogP contribution in [0.25, 0.3) is 5.69 Å². The molecule has 2 amide bonds. The molecule has 9 heteroatoms. The summed E-state index contributed by atoms with van der Waals surface area (Å²) in [6.07, 6.45) is 3.09. The molecule has 0 atom stereocenters. The maximum Gasteiger partial charge on any atom is 0.274 e. The quantitative estimate of drug-likeness (QED) is 0.535. The van der Waals surface area contributed by atoms with Crippen molar-refractivity contribution in [3.63, 3.8) is 0 Å². The predicted octanol–water partition coefficient (Wildman–Crippen LogP) is 2.16. The van der Waals surface area contributed by atoms with Crippen LogP contribution in [0.4, 0.5) is 5.69 Å². The van der Waals surface area contributed by atoms with E-state index in [0.29, 0.717) is 25.2 Å². The first-order valence-electron chi connectivity index (χ1n) is 8.82. The molecule has 0 saturated heterocycles. The molecule has 1 aromatic heterocycles. The second-order valence-electron chi connectivity index (χ2n) is 6.00. The molecule has 9 nitrogen and oxygen atoms in total. The first kappa shape index (κ1) is 20.1. The number of nitro benzene ring substituents is 1. The summed E-state index contributed by atoms with van der Waals surface area (Å²) in [6.45, 7) is 4.84. The number of hydrogen-bond acceptors (Lipinski definition) is 5. The van der Waals surface area contributed by atoms with E-state index in [1.165, 1.54) is 27.8 Å². The van der Waals surface area contributed by atoms with Gasteiger partial charge in [0.15, 0.2) is 5.69 Å². The first-order valence-corrected chi connectivity index (χ1v) is 8.82. The summed E-state index contributed by atoms with van der Waals surface area (Å²) >= 11 is 0. The van der Waals surface area contributed by atoms with E-state index in [-0.39, 0.29) is 29.7 Å². The van der Waals surface area contributed by atoms with Crippen LogP contribution >= 0.6 is 0 Å². The Balaban J connectivity index is 2.17. The van der Waals surface area contributed by atoms with E-state index < -0.39 is 4.92 Å². The van der Waals surface area contributed by atoms with Gasteiger partial charge in [-0.3, -0.25) is 19.7 Å².